The molecule has 3 aromatic carbocycles. The standard InChI is InChI=1S/C26H30N2O5S/c1-6-20-14-10-11-18(2)25(20)27-26(29)21-15-23(32-3)24(33-4)16-22(21)28(34(5,30)31)17-19-12-8-7-9-13-19/h7-16H,6,17H2,1-5H3,(H,27,29). The van der Waals surface area contributed by atoms with E-state index in [2.05, 4.69) is 5.32 Å². The van der Waals surface area contributed by atoms with Crippen LogP contribution in [0.2, 0.25) is 0 Å². The number of ether oxygens (including phenoxy) is 2. The number of hydrogen-bond donors (Lipinski definition) is 1. The molecule has 7 nitrogen and oxygen atoms in total. The zero-order valence-corrected chi connectivity index (χ0v) is 20.9. The number of aryl methyl sites for hydroxylation is 2. The van der Waals surface area contributed by atoms with Crippen molar-refractivity contribution in [3.63, 3.8) is 0 Å². The number of para-hydroxylation sites is 1. The largest absolute Gasteiger partial charge is 0.493 e. The smallest absolute Gasteiger partial charge is 0.257 e. The monoisotopic (exact) mass is 482 g/mol. The van der Waals surface area contributed by atoms with Crippen molar-refractivity contribution in [1.29, 1.82) is 0 Å². The molecule has 0 heterocycles. The maximum Gasteiger partial charge on any atom is 0.257 e. The summed E-state index contributed by atoms with van der Waals surface area (Å²) >= 11 is 0. The first-order valence-corrected chi connectivity index (χ1v) is 12.7. The van der Waals surface area contributed by atoms with Crippen LogP contribution in [0.25, 0.3) is 0 Å². The van der Waals surface area contributed by atoms with E-state index in [0.29, 0.717) is 17.2 Å². The van der Waals surface area contributed by atoms with Crippen LogP contribution in [-0.4, -0.2) is 34.8 Å². The topological polar surface area (TPSA) is 84.9 Å². The molecule has 0 unspecified atom stereocenters. The van der Waals surface area contributed by atoms with Crippen LogP contribution in [0.5, 0.6) is 11.5 Å². The number of benzene rings is 3. The molecule has 1 N–H and O–H groups in total. The quantitative estimate of drug-likeness (QED) is 0.474. The third kappa shape index (κ3) is 5.51. The molecule has 1 amide bonds. The van der Waals surface area contributed by atoms with Crippen molar-refractivity contribution in [2.45, 2.75) is 26.8 Å². The molecule has 0 fully saturated rings. The molecule has 0 radical (unpaired) electrons. The number of rotatable bonds is 9. The molecule has 8 heteroatoms. The number of methoxy groups -OCH3 is 2. The lowest BCUT2D eigenvalue weighted by Gasteiger charge is -2.26. The zero-order chi connectivity index (χ0) is 24.9. The molecule has 0 atom stereocenters. The predicted molar refractivity (Wildman–Crippen MR) is 136 cm³/mol. The summed E-state index contributed by atoms with van der Waals surface area (Å²) in [6.07, 6.45) is 1.85. The van der Waals surface area contributed by atoms with Crippen molar-refractivity contribution in [3.05, 3.63) is 82.9 Å². The minimum absolute atomic E-state index is 0.0556. The molecule has 3 aromatic rings. The number of hydrogen-bond acceptors (Lipinski definition) is 5. The van der Waals surface area contributed by atoms with E-state index in [-0.39, 0.29) is 17.8 Å². The third-order valence-corrected chi connectivity index (χ3v) is 6.69. The summed E-state index contributed by atoms with van der Waals surface area (Å²) in [5.74, 6) is 0.202. The average Bonchev–Trinajstić information content (AvgIpc) is 2.82. The number of carbonyl (C=O) groups excluding carboxylic acids is 1. The molecule has 0 saturated heterocycles. The highest BCUT2D eigenvalue weighted by Crippen LogP contribution is 2.37. The van der Waals surface area contributed by atoms with Crippen molar-refractivity contribution in [3.8, 4) is 11.5 Å². The van der Waals surface area contributed by atoms with Gasteiger partial charge in [0.15, 0.2) is 11.5 Å². The van der Waals surface area contributed by atoms with Gasteiger partial charge in [-0.15, -0.1) is 0 Å². The van der Waals surface area contributed by atoms with Crippen LogP contribution in [0.4, 0.5) is 11.4 Å². The van der Waals surface area contributed by atoms with Gasteiger partial charge in [0.1, 0.15) is 0 Å². The lowest BCUT2D eigenvalue weighted by molar-refractivity contribution is 0.102. The Kier molecular flexibility index (Phi) is 7.83. The number of nitrogens with one attached hydrogen (secondary N) is 1. The van der Waals surface area contributed by atoms with Crippen molar-refractivity contribution in [2.75, 3.05) is 30.1 Å². The van der Waals surface area contributed by atoms with Gasteiger partial charge in [-0.2, -0.15) is 0 Å². The van der Waals surface area contributed by atoms with Crippen LogP contribution in [0.15, 0.2) is 60.7 Å². The summed E-state index contributed by atoms with van der Waals surface area (Å²) in [7, 11) is -0.825. The molecule has 0 saturated carbocycles. The second-order valence-electron chi connectivity index (χ2n) is 7.90. The first kappa shape index (κ1) is 25.1. The minimum Gasteiger partial charge on any atom is -0.493 e. The van der Waals surface area contributed by atoms with E-state index in [1.54, 1.807) is 0 Å². The molecule has 0 aliphatic rings. The SMILES string of the molecule is CCc1cccc(C)c1NC(=O)c1cc(OC)c(OC)cc1N(Cc1ccccc1)S(C)(=O)=O. The number of sulfonamides is 1. The van der Waals surface area contributed by atoms with E-state index >= 15 is 0 Å². The lowest BCUT2D eigenvalue weighted by Crippen LogP contribution is -2.31. The highest BCUT2D eigenvalue weighted by atomic mass is 32.2. The van der Waals surface area contributed by atoms with Crippen molar-refractivity contribution in [2.24, 2.45) is 0 Å². The van der Waals surface area contributed by atoms with Gasteiger partial charge in [-0.3, -0.25) is 9.10 Å². The predicted octanol–water partition coefficient (Wildman–Crippen LogP) is 4.79. The molecular formula is C26H30N2O5S. The Balaban J connectivity index is 2.17. The molecule has 180 valence electrons. The van der Waals surface area contributed by atoms with Crippen LogP contribution in [0, 0.1) is 6.92 Å². The first-order valence-electron chi connectivity index (χ1n) is 10.9. The van der Waals surface area contributed by atoms with Gasteiger partial charge in [-0.1, -0.05) is 55.5 Å². The van der Waals surface area contributed by atoms with E-state index in [1.807, 2.05) is 62.4 Å². The lowest BCUT2D eigenvalue weighted by atomic mass is 10.0. The third-order valence-electron chi connectivity index (χ3n) is 5.56. The Bertz CT molecular complexity index is 1270. The number of anilines is 2. The van der Waals surface area contributed by atoms with E-state index in [4.69, 9.17) is 9.47 Å². The Morgan fingerprint density at radius 2 is 1.62 bits per heavy atom. The van der Waals surface area contributed by atoms with Gasteiger partial charge in [-0.25, -0.2) is 8.42 Å². The van der Waals surface area contributed by atoms with Crippen LogP contribution in [0.3, 0.4) is 0 Å². The average molecular weight is 483 g/mol. The van der Waals surface area contributed by atoms with Crippen molar-refractivity contribution in [1.82, 2.24) is 0 Å². The maximum absolute atomic E-state index is 13.6. The molecule has 0 aliphatic heterocycles. The van der Waals surface area contributed by atoms with E-state index in [1.165, 1.54) is 30.7 Å². The number of nitrogens with zero attached hydrogens (tertiary/aromatic N) is 1. The fourth-order valence-electron chi connectivity index (χ4n) is 3.77. The molecule has 34 heavy (non-hydrogen) atoms. The van der Waals surface area contributed by atoms with Gasteiger partial charge in [0.2, 0.25) is 10.0 Å². The summed E-state index contributed by atoms with van der Waals surface area (Å²) in [5, 5.41) is 2.99. The van der Waals surface area contributed by atoms with Gasteiger partial charge in [0.25, 0.3) is 5.91 Å². The van der Waals surface area contributed by atoms with Crippen LogP contribution >= 0.6 is 0 Å². The molecule has 0 spiro atoms. The van der Waals surface area contributed by atoms with Gasteiger partial charge < -0.3 is 14.8 Å². The second-order valence-corrected chi connectivity index (χ2v) is 9.80. The van der Waals surface area contributed by atoms with Crippen LogP contribution in [-0.2, 0) is 23.0 Å². The van der Waals surface area contributed by atoms with Crippen molar-refractivity contribution >= 4 is 27.3 Å². The Morgan fingerprint density at radius 3 is 2.21 bits per heavy atom. The summed E-state index contributed by atoms with van der Waals surface area (Å²) in [6, 6.07) is 18.0. The first-order chi connectivity index (χ1) is 16.2. The van der Waals surface area contributed by atoms with E-state index < -0.39 is 15.9 Å². The van der Waals surface area contributed by atoms with Gasteiger partial charge in [0.05, 0.1) is 38.3 Å². The van der Waals surface area contributed by atoms with Gasteiger partial charge >= 0.3 is 0 Å². The second kappa shape index (κ2) is 10.6. The van der Waals surface area contributed by atoms with Gasteiger partial charge in [-0.05, 0) is 36.1 Å². The highest BCUT2D eigenvalue weighted by Gasteiger charge is 2.27. The zero-order valence-electron chi connectivity index (χ0n) is 20.1. The molecule has 0 aromatic heterocycles. The van der Waals surface area contributed by atoms with Crippen molar-refractivity contribution < 1.29 is 22.7 Å². The van der Waals surface area contributed by atoms with Crippen LogP contribution in [0.1, 0.15) is 34.0 Å². The fraction of sp³-hybridized carbons (Fsp3) is 0.269. The molecule has 0 bridgehead atoms. The van der Waals surface area contributed by atoms with Crippen LogP contribution < -0.4 is 19.1 Å². The normalized spacial score (nSPS) is 11.1. The fourth-order valence-corrected chi connectivity index (χ4v) is 4.66. The summed E-state index contributed by atoms with van der Waals surface area (Å²) in [4.78, 5) is 13.6. The highest BCUT2D eigenvalue weighted by molar-refractivity contribution is 7.92. The molecule has 3 rings (SSSR count). The molecular weight excluding hydrogens is 452 g/mol. The number of carbonyl (C=O) groups is 1. The van der Waals surface area contributed by atoms with E-state index in [0.717, 1.165) is 29.4 Å². The van der Waals surface area contributed by atoms with Gasteiger partial charge in [0, 0.05) is 11.8 Å². The minimum atomic E-state index is -3.75. The Hall–Kier alpha value is -3.52. The Morgan fingerprint density at radius 1 is 0.971 bits per heavy atom. The summed E-state index contributed by atoms with van der Waals surface area (Å²) < 4.78 is 37.8. The molecule has 0 aliphatic carbocycles. The maximum atomic E-state index is 13.6. The summed E-state index contributed by atoms with van der Waals surface area (Å²) in [5.41, 5.74) is 3.75. The Labute approximate surface area is 201 Å². The van der Waals surface area contributed by atoms with E-state index in [9.17, 15) is 13.2 Å². The number of amides is 1. The summed E-state index contributed by atoms with van der Waals surface area (Å²) in [6.45, 7) is 3.99.